The molecule has 3 aromatic rings. The summed E-state index contributed by atoms with van der Waals surface area (Å²) in [7, 11) is 3.64. The first kappa shape index (κ1) is 19.7. The topological polar surface area (TPSA) is 47.5 Å². The van der Waals surface area contributed by atoms with Crippen molar-refractivity contribution in [2.75, 3.05) is 25.7 Å². The fourth-order valence-electron chi connectivity index (χ4n) is 3.14. The predicted octanol–water partition coefficient (Wildman–Crippen LogP) is 5.45. The highest BCUT2D eigenvalue weighted by Gasteiger charge is 2.14. The normalized spacial score (nSPS) is 10.7. The Labute approximate surface area is 166 Å². The minimum Gasteiger partial charge on any atom is -0.493 e. The number of aryl methyl sites for hydroxylation is 1. The lowest BCUT2D eigenvalue weighted by Gasteiger charge is -2.22. The van der Waals surface area contributed by atoms with E-state index in [4.69, 9.17) is 9.47 Å². The zero-order valence-corrected chi connectivity index (χ0v) is 17.0. The maximum Gasteiger partial charge on any atom is 0.163 e. The second-order valence-electron chi connectivity index (χ2n) is 6.79. The molecule has 0 aliphatic carbocycles. The average Bonchev–Trinajstić information content (AvgIpc) is 2.71. The molecule has 2 aromatic carbocycles. The minimum atomic E-state index is 0.479. The van der Waals surface area contributed by atoms with Crippen LogP contribution in [0.25, 0.3) is 10.9 Å². The van der Waals surface area contributed by atoms with Gasteiger partial charge in [-0.3, -0.25) is 0 Å². The van der Waals surface area contributed by atoms with Crippen molar-refractivity contribution < 1.29 is 9.47 Å². The first-order chi connectivity index (χ1) is 13.5. The van der Waals surface area contributed by atoms with Crippen LogP contribution in [0.4, 0.5) is 11.5 Å². The van der Waals surface area contributed by atoms with Crippen LogP contribution in [-0.4, -0.2) is 30.7 Å². The van der Waals surface area contributed by atoms with Crippen LogP contribution in [0.2, 0.25) is 0 Å². The molecule has 1 heterocycles. The van der Waals surface area contributed by atoms with E-state index in [0.29, 0.717) is 18.1 Å². The van der Waals surface area contributed by atoms with Gasteiger partial charge < -0.3 is 14.4 Å². The Hall–Kier alpha value is -3.08. The Morgan fingerprint density at radius 3 is 2.64 bits per heavy atom. The van der Waals surface area contributed by atoms with E-state index in [1.165, 1.54) is 0 Å². The smallest absolute Gasteiger partial charge is 0.163 e. The maximum atomic E-state index is 6.00. The first-order valence-electron chi connectivity index (χ1n) is 9.48. The van der Waals surface area contributed by atoms with Gasteiger partial charge >= 0.3 is 0 Å². The van der Waals surface area contributed by atoms with E-state index in [2.05, 4.69) is 23.5 Å². The Kier molecular flexibility index (Phi) is 6.14. The van der Waals surface area contributed by atoms with Crippen LogP contribution in [0.3, 0.4) is 0 Å². The zero-order chi connectivity index (χ0) is 20.1. The predicted molar refractivity (Wildman–Crippen MR) is 115 cm³/mol. The van der Waals surface area contributed by atoms with Crippen molar-refractivity contribution in [3.8, 4) is 11.5 Å². The number of hydrogen-bond acceptors (Lipinski definition) is 5. The minimum absolute atomic E-state index is 0.479. The zero-order valence-electron chi connectivity index (χ0n) is 17.0. The molecule has 0 N–H and O–H groups in total. The van der Waals surface area contributed by atoms with Crippen molar-refractivity contribution in [1.29, 1.82) is 0 Å². The first-order valence-corrected chi connectivity index (χ1v) is 9.48. The molecule has 0 bridgehead atoms. The van der Waals surface area contributed by atoms with Crippen molar-refractivity contribution in [2.24, 2.45) is 0 Å². The summed E-state index contributed by atoms with van der Waals surface area (Å²) in [5.74, 6) is 2.99. The summed E-state index contributed by atoms with van der Waals surface area (Å²) in [6.07, 6.45) is 2.01. The summed E-state index contributed by atoms with van der Waals surface area (Å²) in [6, 6.07) is 13.9. The van der Waals surface area contributed by atoms with Gasteiger partial charge in [0.2, 0.25) is 0 Å². The van der Waals surface area contributed by atoms with E-state index in [1.54, 1.807) is 7.11 Å². The molecule has 146 valence electrons. The van der Waals surface area contributed by atoms with Gasteiger partial charge in [0.05, 0.1) is 12.6 Å². The molecule has 0 unspecified atom stereocenters. The molecule has 0 atom stereocenters. The number of nitrogens with zero attached hydrogens (tertiary/aromatic N) is 3. The van der Waals surface area contributed by atoms with Crippen LogP contribution in [0, 0.1) is 6.92 Å². The summed E-state index contributed by atoms with van der Waals surface area (Å²) in [6.45, 7) is 8.59. The molecule has 0 aliphatic rings. The van der Waals surface area contributed by atoms with Crippen LogP contribution >= 0.6 is 0 Å². The lowest BCUT2D eigenvalue weighted by molar-refractivity contribution is 0.316. The Morgan fingerprint density at radius 1 is 1.11 bits per heavy atom. The molecule has 0 radical (unpaired) electrons. The van der Waals surface area contributed by atoms with E-state index in [-0.39, 0.29) is 0 Å². The van der Waals surface area contributed by atoms with Crippen LogP contribution in [0.5, 0.6) is 11.5 Å². The monoisotopic (exact) mass is 377 g/mol. The highest BCUT2D eigenvalue weighted by atomic mass is 16.5. The third kappa shape index (κ3) is 4.25. The molecule has 1 aromatic heterocycles. The number of ether oxygens (including phenoxy) is 2. The highest BCUT2D eigenvalue weighted by molar-refractivity contribution is 5.91. The van der Waals surface area contributed by atoms with E-state index in [1.807, 2.05) is 61.3 Å². The average molecular weight is 377 g/mol. The Balaban J connectivity index is 1.95. The van der Waals surface area contributed by atoms with Crippen LogP contribution in [0.15, 0.2) is 54.6 Å². The fraction of sp³-hybridized carbons (Fsp3) is 0.304. The lowest BCUT2D eigenvalue weighted by Crippen LogP contribution is -2.13. The largest absolute Gasteiger partial charge is 0.493 e. The standard InChI is InChI=1S/C23H27N3O2/c1-6-9-16(2)15-28-22-14-18(12-13-21(22)27-5)26(4)23-19-10-7-8-11-20(19)24-17(3)25-23/h7-8,10-14H,2,6,9,15H2,1,3-5H3. The van der Waals surface area contributed by atoms with Crippen LogP contribution in [0.1, 0.15) is 25.6 Å². The molecular weight excluding hydrogens is 350 g/mol. The van der Waals surface area contributed by atoms with Crippen molar-refractivity contribution in [3.63, 3.8) is 0 Å². The van der Waals surface area contributed by atoms with E-state index >= 15 is 0 Å². The van der Waals surface area contributed by atoms with Gasteiger partial charge in [0.25, 0.3) is 0 Å². The van der Waals surface area contributed by atoms with Crippen molar-refractivity contribution >= 4 is 22.4 Å². The molecule has 5 heteroatoms. The van der Waals surface area contributed by atoms with Gasteiger partial charge in [0, 0.05) is 24.2 Å². The molecule has 0 fully saturated rings. The van der Waals surface area contributed by atoms with Crippen LogP contribution in [-0.2, 0) is 0 Å². The number of hydrogen-bond donors (Lipinski definition) is 0. The molecule has 3 rings (SSSR count). The molecule has 28 heavy (non-hydrogen) atoms. The van der Waals surface area contributed by atoms with Gasteiger partial charge in [-0.2, -0.15) is 0 Å². The van der Waals surface area contributed by atoms with Gasteiger partial charge in [-0.1, -0.05) is 32.1 Å². The van der Waals surface area contributed by atoms with Gasteiger partial charge in [-0.05, 0) is 43.2 Å². The highest BCUT2D eigenvalue weighted by Crippen LogP contribution is 2.35. The lowest BCUT2D eigenvalue weighted by atomic mass is 10.2. The van der Waals surface area contributed by atoms with Gasteiger partial charge in [0.15, 0.2) is 11.5 Å². The van der Waals surface area contributed by atoms with E-state index in [0.717, 1.165) is 46.6 Å². The third-order valence-corrected chi connectivity index (χ3v) is 4.58. The number of rotatable bonds is 8. The molecule has 0 saturated heterocycles. The maximum absolute atomic E-state index is 6.00. The summed E-state index contributed by atoms with van der Waals surface area (Å²) in [4.78, 5) is 11.3. The molecular formula is C23H27N3O2. The van der Waals surface area contributed by atoms with Crippen molar-refractivity contribution in [3.05, 3.63) is 60.4 Å². The number of benzene rings is 2. The van der Waals surface area contributed by atoms with E-state index < -0.39 is 0 Å². The number of methoxy groups -OCH3 is 1. The van der Waals surface area contributed by atoms with Crippen molar-refractivity contribution in [1.82, 2.24) is 9.97 Å². The number of para-hydroxylation sites is 1. The second-order valence-corrected chi connectivity index (χ2v) is 6.79. The Bertz CT molecular complexity index is 985. The number of anilines is 2. The number of aromatic nitrogens is 2. The molecule has 5 nitrogen and oxygen atoms in total. The summed E-state index contributed by atoms with van der Waals surface area (Å²) >= 11 is 0. The molecule has 0 saturated carbocycles. The van der Waals surface area contributed by atoms with Gasteiger partial charge in [-0.25, -0.2) is 9.97 Å². The SMILES string of the molecule is C=C(CCC)COc1cc(N(C)c2nc(C)nc3ccccc23)ccc1OC. The van der Waals surface area contributed by atoms with Gasteiger partial charge in [-0.15, -0.1) is 0 Å². The molecule has 0 aliphatic heterocycles. The fourth-order valence-corrected chi connectivity index (χ4v) is 3.14. The molecule has 0 spiro atoms. The Morgan fingerprint density at radius 2 is 1.89 bits per heavy atom. The van der Waals surface area contributed by atoms with E-state index in [9.17, 15) is 0 Å². The van der Waals surface area contributed by atoms with Crippen molar-refractivity contribution in [2.45, 2.75) is 26.7 Å². The summed E-state index contributed by atoms with van der Waals surface area (Å²) in [5.41, 5.74) is 2.96. The van der Waals surface area contributed by atoms with Gasteiger partial charge in [0.1, 0.15) is 18.2 Å². The molecule has 0 amide bonds. The van der Waals surface area contributed by atoms with Crippen LogP contribution < -0.4 is 14.4 Å². The summed E-state index contributed by atoms with van der Waals surface area (Å²) < 4.78 is 11.5. The third-order valence-electron chi connectivity index (χ3n) is 4.58. The second kappa shape index (κ2) is 8.74. The quantitative estimate of drug-likeness (QED) is 0.489. The summed E-state index contributed by atoms with van der Waals surface area (Å²) in [5, 5.41) is 1.00. The number of fused-ring (bicyclic) bond motifs is 1.